The van der Waals surface area contributed by atoms with E-state index >= 15 is 0 Å². The molecule has 1 rings (SSSR count). The van der Waals surface area contributed by atoms with Crippen molar-refractivity contribution in [3.63, 3.8) is 0 Å². The van der Waals surface area contributed by atoms with Crippen molar-refractivity contribution in [2.24, 2.45) is 5.73 Å². The summed E-state index contributed by atoms with van der Waals surface area (Å²) in [7, 11) is 0. The summed E-state index contributed by atoms with van der Waals surface area (Å²) in [6.07, 6.45) is -1.73. The maximum absolute atomic E-state index is 12.4. The Morgan fingerprint density at radius 2 is 2.11 bits per heavy atom. The Hall–Kier alpha value is -2.29. The predicted molar refractivity (Wildman–Crippen MR) is 59.0 cm³/mol. The number of halogens is 3. The molecule has 18 heavy (non-hydrogen) atoms. The van der Waals surface area contributed by atoms with E-state index < -0.39 is 17.6 Å². The summed E-state index contributed by atoms with van der Waals surface area (Å²) in [6.45, 7) is 0. The fraction of sp³-hybridized carbons (Fsp3) is 0.167. The van der Waals surface area contributed by atoms with Gasteiger partial charge in [-0.05, 0) is 17.7 Å². The summed E-state index contributed by atoms with van der Waals surface area (Å²) in [5.41, 5.74) is 4.23. The fourth-order valence-electron chi connectivity index (χ4n) is 1.28. The molecule has 3 nitrogen and oxygen atoms in total. The number of hydrogen-bond donors (Lipinski definition) is 1. The van der Waals surface area contributed by atoms with E-state index in [0.29, 0.717) is 5.56 Å². The number of alkyl halides is 3. The quantitative estimate of drug-likeness (QED) is 0.900. The normalized spacial score (nSPS) is 11.4. The molecule has 0 saturated carbocycles. The maximum atomic E-state index is 12.4. The van der Waals surface area contributed by atoms with Crippen LogP contribution in [-0.4, -0.2) is 5.91 Å². The summed E-state index contributed by atoms with van der Waals surface area (Å²) < 4.78 is 37.2. The van der Waals surface area contributed by atoms with Crippen LogP contribution in [0.1, 0.15) is 23.1 Å². The topological polar surface area (TPSA) is 66.9 Å². The van der Waals surface area contributed by atoms with Gasteiger partial charge in [0.15, 0.2) is 0 Å². The van der Waals surface area contributed by atoms with Gasteiger partial charge in [0.2, 0.25) is 5.91 Å². The summed E-state index contributed by atoms with van der Waals surface area (Å²) in [6, 6.07) is 4.51. The van der Waals surface area contributed by atoms with Crippen LogP contribution in [0.15, 0.2) is 24.3 Å². The highest BCUT2D eigenvalue weighted by atomic mass is 19.4. The zero-order chi connectivity index (χ0) is 13.8. The van der Waals surface area contributed by atoms with E-state index in [-0.39, 0.29) is 12.0 Å². The predicted octanol–water partition coefficient (Wildman–Crippen LogP) is 2.47. The zero-order valence-electron chi connectivity index (χ0n) is 9.16. The minimum atomic E-state index is -4.49. The summed E-state index contributed by atoms with van der Waals surface area (Å²) >= 11 is 0. The smallest absolute Gasteiger partial charge is 0.369 e. The lowest BCUT2D eigenvalue weighted by Gasteiger charge is -2.07. The molecule has 0 spiro atoms. The molecule has 0 bridgehead atoms. The molecule has 94 valence electrons. The lowest BCUT2D eigenvalue weighted by molar-refractivity contribution is -0.137. The number of nitrogens with zero attached hydrogens (tertiary/aromatic N) is 1. The standard InChI is InChI=1S/C12H9F3N2O/c13-12(14,15)10-5-4-8(9(6-10)7-16)2-1-3-11(17)18/h1-2,4-6H,3H2,(H2,17,18). The van der Waals surface area contributed by atoms with Crippen LogP contribution in [0.4, 0.5) is 13.2 Å². The van der Waals surface area contributed by atoms with Gasteiger partial charge < -0.3 is 5.73 Å². The molecule has 0 radical (unpaired) electrons. The van der Waals surface area contributed by atoms with Gasteiger partial charge in [0.05, 0.1) is 17.2 Å². The first-order valence-corrected chi connectivity index (χ1v) is 4.91. The molecule has 6 heteroatoms. The fourth-order valence-corrected chi connectivity index (χ4v) is 1.28. The molecule has 0 fully saturated rings. The van der Waals surface area contributed by atoms with Crippen molar-refractivity contribution in [3.05, 3.63) is 41.0 Å². The lowest BCUT2D eigenvalue weighted by atomic mass is 10.0. The molecule has 1 aromatic carbocycles. The van der Waals surface area contributed by atoms with Crippen LogP contribution in [0.2, 0.25) is 0 Å². The van der Waals surface area contributed by atoms with E-state index in [2.05, 4.69) is 0 Å². The van der Waals surface area contributed by atoms with Crippen LogP contribution in [0.25, 0.3) is 6.08 Å². The maximum Gasteiger partial charge on any atom is 0.416 e. The SMILES string of the molecule is N#Cc1cc(C(F)(F)F)ccc1C=CCC(N)=O. The van der Waals surface area contributed by atoms with Crippen molar-refractivity contribution in [1.29, 1.82) is 5.26 Å². The minimum absolute atomic E-state index is 0.0358. The van der Waals surface area contributed by atoms with Crippen molar-refractivity contribution < 1.29 is 18.0 Å². The molecule has 0 aromatic heterocycles. The summed E-state index contributed by atoms with van der Waals surface area (Å²) in [5.74, 6) is -0.559. The van der Waals surface area contributed by atoms with Gasteiger partial charge >= 0.3 is 6.18 Å². The third kappa shape index (κ3) is 3.63. The number of nitrogens with two attached hydrogens (primary N) is 1. The molecule has 1 aromatic rings. The van der Waals surface area contributed by atoms with E-state index in [1.807, 2.05) is 0 Å². The first-order valence-electron chi connectivity index (χ1n) is 4.91. The Bertz CT molecular complexity index is 527. The van der Waals surface area contributed by atoms with Crippen LogP contribution >= 0.6 is 0 Å². The van der Waals surface area contributed by atoms with Crippen LogP contribution in [0, 0.1) is 11.3 Å². The third-order valence-electron chi connectivity index (χ3n) is 2.12. The van der Waals surface area contributed by atoms with Gasteiger partial charge in [0.1, 0.15) is 0 Å². The molecule has 0 atom stereocenters. The monoisotopic (exact) mass is 254 g/mol. The first-order chi connectivity index (χ1) is 8.34. The van der Waals surface area contributed by atoms with Gasteiger partial charge in [-0.1, -0.05) is 18.2 Å². The summed E-state index contributed by atoms with van der Waals surface area (Å²) in [5, 5.41) is 8.77. The lowest BCUT2D eigenvalue weighted by Crippen LogP contribution is -2.08. The average Bonchev–Trinajstić information content (AvgIpc) is 2.27. The molecular weight excluding hydrogens is 245 g/mol. The number of carbonyl (C=O) groups excluding carboxylic acids is 1. The van der Waals surface area contributed by atoms with Crippen LogP contribution < -0.4 is 5.73 Å². The second kappa shape index (κ2) is 5.36. The average molecular weight is 254 g/mol. The molecule has 0 aliphatic carbocycles. The highest BCUT2D eigenvalue weighted by Gasteiger charge is 2.30. The highest BCUT2D eigenvalue weighted by Crippen LogP contribution is 2.30. The number of carbonyl (C=O) groups is 1. The number of primary amides is 1. The van der Waals surface area contributed by atoms with Crippen LogP contribution in [0.3, 0.4) is 0 Å². The van der Waals surface area contributed by atoms with Gasteiger partial charge in [0.25, 0.3) is 0 Å². The number of benzene rings is 1. The van der Waals surface area contributed by atoms with Crippen molar-refractivity contribution in [2.45, 2.75) is 12.6 Å². The minimum Gasteiger partial charge on any atom is -0.369 e. The van der Waals surface area contributed by atoms with E-state index in [4.69, 9.17) is 11.0 Å². The molecule has 2 N–H and O–H groups in total. The number of rotatable bonds is 3. The second-order valence-corrected chi connectivity index (χ2v) is 3.48. The second-order valence-electron chi connectivity index (χ2n) is 3.48. The first kappa shape index (κ1) is 13.8. The van der Waals surface area contributed by atoms with Gasteiger partial charge in [-0.25, -0.2) is 0 Å². The largest absolute Gasteiger partial charge is 0.416 e. The molecule has 0 heterocycles. The molecule has 1 amide bonds. The van der Waals surface area contributed by atoms with Crippen LogP contribution in [-0.2, 0) is 11.0 Å². The van der Waals surface area contributed by atoms with Crippen molar-refractivity contribution in [2.75, 3.05) is 0 Å². The molecule has 0 unspecified atom stereocenters. The van der Waals surface area contributed by atoms with E-state index in [9.17, 15) is 18.0 Å². The number of hydrogen-bond acceptors (Lipinski definition) is 2. The van der Waals surface area contributed by atoms with Gasteiger partial charge in [-0.15, -0.1) is 0 Å². The van der Waals surface area contributed by atoms with E-state index in [0.717, 1.165) is 12.1 Å². The van der Waals surface area contributed by atoms with Gasteiger partial charge in [-0.2, -0.15) is 18.4 Å². The van der Waals surface area contributed by atoms with Crippen LogP contribution in [0.5, 0.6) is 0 Å². The number of amides is 1. The Kier molecular flexibility index (Phi) is 4.10. The van der Waals surface area contributed by atoms with E-state index in [1.54, 1.807) is 6.07 Å². The molecule has 0 aliphatic heterocycles. The Morgan fingerprint density at radius 3 is 2.61 bits per heavy atom. The number of nitriles is 1. The Balaban J connectivity index is 3.06. The zero-order valence-corrected chi connectivity index (χ0v) is 9.16. The Labute approximate surface area is 101 Å². The summed E-state index contributed by atoms with van der Waals surface area (Å²) in [4.78, 5) is 10.5. The van der Waals surface area contributed by atoms with Gasteiger partial charge in [-0.3, -0.25) is 4.79 Å². The third-order valence-corrected chi connectivity index (χ3v) is 2.12. The highest BCUT2D eigenvalue weighted by molar-refractivity contribution is 5.76. The van der Waals surface area contributed by atoms with E-state index in [1.165, 1.54) is 18.2 Å². The van der Waals surface area contributed by atoms with Gasteiger partial charge in [0, 0.05) is 6.42 Å². The van der Waals surface area contributed by atoms with Crippen molar-refractivity contribution in [1.82, 2.24) is 0 Å². The van der Waals surface area contributed by atoms with Crippen molar-refractivity contribution >= 4 is 12.0 Å². The molecule has 0 aliphatic rings. The Morgan fingerprint density at radius 1 is 1.44 bits per heavy atom. The molecule has 0 saturated heterocycles. The molecular formula is C12H9F3N2O. The van der Waals surface area contributed by atoms with Crippen molar-refractivity contribution in [3.8, 4) is 6.07 Å².